The van der Waals surface area contributed by atoms with Gasteiger partial charge in [-0.3, -0.25) is 9.59 Å². The van der Waals surface area contributed by atoms with Crippen molar-refractivity contribution in [3.8, 4) is 45.9 Å². The zero-order valence-electron chi connectivity index (χ0n) is 34.9. The Kier molecular flexibility index (Phi) is 12.8. The van der Waals surface area contributed by atoms with Crippen LogP contribution in [0.4, 0.5) is 5.69 Å². The highest BCUT2D eigenvalue weighted by Crippen LogP contribution is 2.42. The molecule has 2 saturated heterocycles. The minimum Gasteiger partial charge on any atom is -0.486 e. The van der Waals surface area contributed by atoms with E-state index in [1.807, 2.05) is 84.9 Å². The standard InChI is InChI=1S/C26H22N2O2.C20H18N2O2.C6H7BO2/c27-18-19-5-4-6-20(15-19)21-9-10-25-23(16-21)24(29)17-26(30-25)11-13-28(14-12-26)22-7-2-1-3-8-22;21-13-14-2-1-3-15(10-14)16-4-5-19-17(11-16)18(23)12-20(24-19)6-8-22-9-7-20;8-7(9)6-4-2-1-3-5-6/h1-10,15-16H,11-14,17H2;1-5,10-11,22H,6-9,12H2;1-5,8-9H. The fourth-order valence-corrected chi connectivity index (χ4v) is 8.76. The predicted octanol–water partition coefficient (Wildman–Crippen LogP) is 7.91. The van der Waals surface area contributed by atoms with E-state index in [0.29, 0.717) is 52.1 Å². The Bertz CT molecular complexity index is 2680. The minimum absolute atomic E-state index is 0.141. The molecule has 0 atom stereocenters. The van der Waals surface area contributed by atoms with Crippen LogP contribution in [0.5, 0.6) is 11.5 Å². The molecular formula is C52H47BN4O6. The van der Waals surface area contributed by atoms with Crippen molar-refractivity contribution in [2.24, 2.45) is 0 Å². The van der Waals surface area contributed by atoms with Crippen molar-refractivity contribution in [3.63, 3.8) is 0 Å². The third-order valence-corrected chi connectivity index (χ3v) is 12.2. The molecule has 0 aliphatic carbocycles. The van der Waals surface area contributed by atoms with E-state index >= 15 is 0 Å². The summed E-state index contributed by atoms with van der Waals surface area (Å²) >= 11 is 0. The van der Waals surface area contributed by atoms with E-state index in [0.717, 1.165) is 74.1 Å². The fraction of sp³-hybridized carbons (Fsp3) is 0.231. The summed E-state index contributed by atoms with van der Waals surface area (Å²) in [5.41, 5.74) is 7.25. The number of Topliss-reactive ketones (excluding diaryl/α,β-unsaturated/α-hetero) is 2. The number of fused-ring (bicyclic) bond motifs is 2. The number of piperidine rings is 2. The minimum atomic E-state index is -1.34. The van der Waals surface area contributed by atoms with E-state index in [2.05, 4.69) is 46.6 Å². The lowest BCUT2D eigenvalue weighted by Gasteiger charge is -2.44. The number of benzene rings is 6. The molecule has 314 valence electrons. The predicted molar refractivity (Wildman–Crippen MR) is 244 cm³/mol. The summed E-state index contributed by atoms with van der Waals surface area (Å²) in [6.07, 6.45) is 4.26. The van der Waals surface area contributed by atoms with Crippen molar-refractivity contribution in [3.05, 3.63) is 168 Å². The molecule has 10 nitrogen and oxygen atoms in total. The Hall–Kier alpha value is -7.02. The van der Waals surface area contributed by atoms with E-state index < -0.39 is 12.7 Å². The number of carbonyl (C=O) groups is 2. The number of nitriles is 2. The number of rotatable bonds is 4. The number of ether oxygens (including phenoxy) is 2. The molecule has 4 aliphatic rings. The van der Waals surface area contributed by atoms with E-state index in [9.17, 15) is 9.59 Å². The SMILES string of the molecule is N#Cc1cccc(-c2ccc3c(c2)C(=O)CC2(CCN(c4ccccc4)CC2)O3)c1.N#Cc1cccc(-c2ccc3c(c2)C(=O)CC2(CCNCC2)O3)c1.OB(O)c1ccccc1. The van der Waals surface area contributed by atoms with Crippen molar-refractivity contribution in [2.75, 3.05) is 31.1 Å². The van der Waals surface area contributed by atoms with Crippen LogP contribution in [0.3, 0.4) is 0 Å². The highest BCUT2D eigenvalue weighted by Gasteiger charge is 2.43. The van der Waals surface area contributed by atoms with Gasteiger partial charge in [-0.1, -0.05) is 84.9 Å². The molecule has 11 heteroatoms. The van der Waals surface area contributed by atoms with Gasteiger partial charge in [0.1, 0.15) is 22.7 Å². The zero-order chi connectivity index (χ0) is 43.8. The monoisotopic (exact) mass is 834 g/mol. The van der Waals surface area contributed by atoms with Crippen LogP contribution in [0, 0.1) is 22.7 Å². The van der Waals surface area contributed by atoms with Crippen molar-refractivity contribution in [2.45, 2.75) is 49.7 Å². The molecule has 6 aromatic carbocycles. The summed E-state index contributed by atoms with van der Waals surface area (Å²) in [5, 5.41) is 38.7. The first-order chi connectivity index (χ1) is 30.6. The summed E-state index contributed by atoms with van der Waals surface area (Å²) in [7, 11) is -1.34. The zero-order valence-corrected chi connectivity index (χ0v) is 34.9. The van der Waals surface area contributed by atoms with Gasteiger partial charge in [-0.05, 0) is 101 Å². The van der Waals surface area contributed by atoms with E-state index in [1.54, 1.807) is 36.4 Å². The average Bonchev–Trinajstić information content (AvgIpc) is 3.33. The van der Waals surface area contributed by atoms with E-state index in [-0.39, 0.29) is 17.2 Å². The van der Waals surface area contributed by atoms with Crippen LogP contribution in [-0.4, -0.2) is 66.1 Å². The van der Waals surface area contributed by atoms with Crippen LogP contribution in [0.15, 0.2) is 146 Å². The Balaban J connectivity index is 0.000000147. The van der Waals surface area contributed by atoms with Crippen LogP contribution >= 0.6 is 0 Å². The summed E-state index contributed by atoms with van der Waals surface area (Å²) in [4.78, 5) is 28.1. The van der Waals surface area contributed by atoms with Gasteiger partial charge in [0, 0.05) is 44.5 Å². The number of hydrogen-bond acceptors (Lipinski definition) is 10. The molecule has 6 aromatic rings. The fourth-order valence-electron chi connectivity index (χ4n) is 8.76. The number of ketones is 2. The Morgan fingerprint density at radius 3 is 1.48 bits per heavy atom. The van der Waals surface area contributed by atoms with Gasteiger partial charge in [0.15, 0.2) is 11.6 Å². The Morgan fingerprint density at radius 1 is 0.556 bits per heavy atom. The summed E-state index contributed by atoms with van der Waals surface area (Å²) in [6.45, 7) is 3.54. The first-order valence-electron chi connectivity index (χ1n) is 21.3. The van der Waals surface area contributed by atoms with Crippen LogP contribution in [0.1, 0.15) is 70.4 Å². The molecule has 0 saturated carbocycles. The average molecular weight is 835 g/mol. The number of nitrogens with one attached hydrogen (secondary N) is 1. The molecule has 10 rings (SSSR count). The topological polar surface area (TPSA) is 156 Å². The van der Waals surface area contributed by atoms with Crippen molar-refractivity contribution >= 4 is 29.8 Å². The lowest BCUT2D eigenvalue weighted by molar-refractivity contribution is 0.0186. The molecule has 4 heterocycles. The van der Waals surface area contributed by atoms with Gasteiger partial charge in [0.05, 0.1) is 47.2 Å². The highest BCUT2D eigenvalue weighted by molar-refractivity contribution is 6.58. The maximum absolute atomic E-state index is 13.1. The van der Waals surface area contributed by atoms with Gasteiger partial charge in [-0.15, -0.1) is 0 Å². The molecular weight excluding hydrogens is 787 g/mol. The second kappa shape index (κ2) is 18.9. The molecule has 2 spiro atoms. The largest absolute Gasteiger partial charge is 0.488 e. The summed E-state index contributed by atoms with van der Waals surface area (Å²) < 4.78 is 12.7. The van der Waals surface area contributed by atoms with Gasteiger partial charge in [0.25, 0.3) is 0 Å². The van der Waals surface area contributed by atoms with Gasteiger partial charge in [-0.2, -0.15) is 10.5 Å². The van der Waals surface area contributed by atoms with Gasteiger partial charge < -0.3 is 29.7 Å². The summed E-state index contributed by atoms with van der Waals surface area (Å²) in [5.74, 6) is 1.66. The Labute approximate surface area is 368 Å². The normalized spacial score (nSPS) is 16.5. The molecule has 0 unspecified atom stereocenters. The second-order valence-corrected chi connectivity index (χ2v) is 16.4. The molecule has 3 N–H and O–H groups in total. The first-order valence-corrected chi connectivity index (χ1v) is 21.3. The molecule has 0 aromatic heterocycles. The molecule has 0 bridgehead atoms. The third-order valence-electron chi connectivity index (χ3n) is 12.2. The second-order valence-electron chi connectivity index (χ2n) is 16.4. The molecule has 63 heavy (non-hydrogen) atoms. The van der Waals surface area contributed by atoms with Crippen molar-refractivity contribution < 1.29 is 29.1 Å². The van der Waals surface area contributed by atoms with Crippen LogP contribution in [-0.2, 0) is 0 Å². The first kappa shape index (κ1) is 42.7. The number of hydrogen-bond donors (Lipinski definition) is 3. The lowest BCUT2D eigenvalue weighted by atomic mass is 9.81. The number of nitrogens with zero attached hydrogens (tertiary/aromatic N) is 3. The van der Waals surface area contributed by atoms with Crippen molar-refractivity contribution in [1.82, 2.24) is 5.32 Å². The van der Waals surface area contributed by atoms with Gasteiger partial charge in [0.2, 0.25) is 0 Å². The third kappa shape index (κ3) is 9.88. The lowest BCUT2D eigenvalue weighted by Crippen LogP contribution is -2.51. The Morgan fingerprint density at radius 2 is 1.02 bits per heavy atom. The summed E-state index contributed by atoms with van der Waals surface area (Å²) in [6, 6.07) is 49.8. The highest BCUT2D eigenvalue weighted by atomic mass is 16.5. The van der Waals surface area contributed by atoms with Gasteiger partial charge >= 0.3 is 7.12 Å². The van der Waals surface area contributed by atoms with Crippen molar-refractivity contribution in [1.29, 1.82) is 10.5 Å². The maximum atomic E-state index is 13.1. The molecule has 0 amide bonds. The maximum Gasteiger partial charge on any atom is 0.488 e. The van der Waals surface area contributed by atoms with Gasteiger partial charge in [-0.25, -0.2) is 0 Å². The molecule has 4 aliphatic heterocycles. The molecule has 0 radical (unpaired) electrons. The van der Waals surface area contributed by atoms with E-state index in [4.69, 9.17) is 30.0 Å². The number of para-hydroxylation sites is 1. The van der Waals surface area contributed by atoms with Crippen LogP contribution < -0.4 is 25.2 Å². The molecule has 2 fully saturated rings. The number of carbonyl (C=O) groups excluding carboxylic acids is 2. The van der Waals surface area contributed by atoms with E-state index in [1.165, 1.54) is 5.69 Å². The van der Waals surface area contributed by atoms with Crippen LogP contribution in [0.25, 0.3) is 22.3 Å². The quantitative estimate of drug-likeness (QED) is 0.149. The smallest absolute Gasteiger partial charge is 0.486 e. The number of anilines is 1. The van der Waals surface area contributed by atoms with Crippen LogP contribution in [0.2, 0.25) is 0 Å².